The predicted molar refractivity (Wildman–Crippen MR) is 257 cm³/mol. The largest absolute Gasteiger partial charge is 0.341 e. The number of nitrogens with zero attached hydrogens (tertiary/aromatic N) is 2. The summed E-state index contributed by atoms with van der Waals surface area (Å²) in [6.07, 6.45) is 13.3. The molecule has 2 heterocycles. The highest BCUT2D eigenvalue weighted by Crippen LogP contribution is 2.59. The Morgan fingerprint density at radius 3 is 1.59 bits per heavy atom. The topological polar surface area (TPSA) is 6.48 Å². The van der Waals surface area contributed by atoms with Crippen molar-refractivity contribution < 1.29 is 0 Å². The molecule has 7 aromatic rings. The molecule has 1 fully saturated rings. The summed E-state index contributed by atoms with van der Waals surface area (Å²) in [5.74, 6) is 0. The van der Waals surface area contributed by atoms with Gasteiger partial charge in [-0.3, -0.25) is 0 Å². The Balaban J connectivity index is 0.874. The molecule has 2 heteroatoms. The average molecular weight is 791 g/mol. The number of anilines is 5. The van der Waals surface area contributed by atoms with Gasteiger partial charge in [-0.2, -0.15) is 0 Å². The Kier molecular flexibility index (Phi) is 8.09. The fraction of sp³-hybridized carbons (Fsp3) is 0.254. The highest BCUT2D eigenvalue weighted by Gasteiger charge is 2.45. The second-order valence-corrected chi connectivity index (χ2v) is 19.5. The highest BCUT2D eigenvalue weighted by molar-refractivity contribution is 5.91. The SMILES string of the molecule is CC1(C)c2cc(C=Cc3ccc4c(c3)C3(CCCCC3)c3cc(N5c6ccccc6C(C)(C)c6ccccc65)ccc3-4)ccc2-c2ccc(N3CCCc4ccccc43)cc21. The molecule has 5 aliphatic rings. The van der Waals surface area contributed by atoms with E-state index in [2.05, 4.69) is 195 Å². The monoisotopic (exact) mass is 790 g/mol. The van der Waals surface area contributed by atoms with Crippen molar-refractivity contribution in [2.75, 3.05) is 16.3 Å². The third-order valence-electron chi connectivity index (χ3n) is 15.5. The molecule has 7 aromatic carbocycles. The lowest BCUT2D eigenvalue weighted by Crippen LogP contribution is -2.31. The Morgan fingerprint density at radius 2 is 0.918 bits per heavy atom. The summed E-state index contributed by atoms with van der Waals surface area (Å²) in [6, 6.07) is 56.1. The van der Waals surface area contributed by atoms with Gasteiger partial charge in [-0.25, -0.2) is 0 Å². The van der Waals surface area contributed by atoms with Gasteiger partial charge in [0.1, 0.15) is 0 Å². The first kappa shape index (κ1) is 36.7. The molecule has 300 valence electrons. The summed E-state index contributed by atoms with van der Waals surface area (Å²) in [5, 5.41) is 0. The van der Waals surface area contributed by atoms with Gasteiger partial charge in [-0.15, -0.1) is 0 Å². The maximum atomic E-state index is 2.57. The van der Waals surface area contributed by atoms with E-state index in [0.717, 1.165) is 13.0 Å². The van der Waals surface area contributed by atoms with Gasteiger partial charge in [0.15, 0.2) is 0 Å². The van der Waals surface area contributed by atoms with E-state index in [1.165, 1.54) is 139 Å². The van der Waals surface area contributed by atoms with Gasteiger partial charge in [0.2, 0.25) is 0 Å². The molecule has 3 aliphatic carbocycles. The van der Waals surface area contributed by atoms with Crippen molar-refractivity contribution in [3.63, 3.8) is 0 Å². The van der Waals surface area contributed by atoms with Crippen LogP contribution in [0.15, 0.2) is 146 Å². The summed E-state index contributed by atoms with van der Waals surface area (Å²) in [6.45, 7) is 10.6. The molecule has 2 aliphatic heterocycles. The van der Waals surface area contributed by atoms with E-state index in [9.17, 15) is 0 Å². The second kappa shape index (κ2) is 13.4. The normalized spacial score (nSPS) is 18.2. The molecule has 0 bridgehead atoms. The van der Waals surface area contributed by atoms with Crippen molar-refractivity contribution in [1.82, 2.24) is 0 Å². The van der Waals surface area contributed by atoms with E-state index in [-0.39, 0.29) is 16.2 Å². The van der Waals surface area contributed by atoms with E-state index in [0.29, 0.717) is 0 Å². The second-order valence-electron chi connectivity index (χ2n) is 19.5. The zero-order valence-electron chi connectivity index (χ0n) is 36.1. The quantitative estimate of drug-likeness (QED) is 0.164. The van der Waals surface area contributed by atoms with Gasteiger partial charge in [-0.1, -0.05) is 162 Å². The first-order valence-corrected chi connectivity index (χ1v) is 22.8. The molecule has 12 rings (SSSR count). The van der Waals surface area contributed by atoms with Crippen LogP contribution in [0.4, 0.5) is 28.4 Å². The molecule has 0 amide bonds. The number of benzene rings is 7. The maximum Gasteiger partial charge on any atom is 0.0502 e. The number of rotatable bonds is 4. The third kappa shape index (κ3) is 5.40. The minimum Gasteiger partial charge on any atom is -0.341 e. The molecular formula is C59H54N2. The fourth-order valence-electron chi connectivity index (χ4n) is 12.4. The van der Waals surface area contributed by atoms with Gasteiger partial charge in [0, 0.05) is 39.9 Å². The van der Waals surface area contributed by atoms with Crippen LogP contribution in [0.25, 0.3) is 34.4 Å². The summed E-state index contributed by atoms with van der Waals surface area (Å²) < 4.78 is 0. The zero-order chi connectivity index (χ0) is 41.1. The van der Waals surface area contributed by atoms with Crippen molar-refractivity contribution in [2.45, 2.75) is 88.9 Å². The molecule has 0 aromatic heterocycles. The van der Waals surface area contributed by atoms with Gasteiger partial charge in [0.25, 0.3) is 0 Å². The third-order valence-corrected chi connectivity index (χ3v) is 15.5. The van der Waals surface area contributed by atoms with Crippen LogP contribution in [0.5, 0.6) is 0 Å². The standard InChI is InChI=1S/C59H54N2/c1-57(2)48-17-7-10-20-55(48)61(56-21-11-8-18-49(56)57)43-27-31-47-46-29-25-40(36-52(46)59(53(47)38-43)32-12-5-13-33-59)23-22-39-24-28-44-45-30-26-42(37-51(45)58(3,4)50(44)35-39)60-34-14-16-41-15-6-9-19-54(41)60/h6-11,15,17-31,35-38H,5,12-14,16,32-34H2,1-4H3. The Hall–Kier alpha value is -6.12. The van der Waals surface area contributed by atoms with Gasteiger partial charge >= 0.3 is 0 Å². The van der Waals surface area contributed by atoms with Crippen LogP contribution in [0.2, 0.25) is 0 Å². The van der Waals surface area contributed by atoms with E-state index in [4.69, 9.17) is 0 Å². The number of hydrogen-bond donors (Lipinski definition) is 0. The summed E-state index contributed by atoms with van der Waals surface area (Å²) in [4.78, 5) is 5.07. The number of para-hydroxylation sites is 3. The first-order chi connectivity index (χ1) is 29.7. The summed E-state index contributed by atoms with van der Waals surface area (Å²) in [5.41, 5.74) is 24.7. The van der Waals surface area contributed by atoms with Crippen LogP contribution < -0.4 is 9.80 Å². The van der Waals surface area contributed by atoms with E-state index < -0.39 is 0 Å². The van der Waals surface area contributed by atoms with Crippen LogP contribution >= 0.6 is 0 Å². The van der Waals surface area contributed by atoms with Crippen molar-refractivity contribution >= 4 is 40.6 Å². The van der Waals surface area contributed by atoms with Crippen molar-refractivity contribution in [2.24, 2.45) is 0 Å². The molecule has 0 atom stereocenters. The Labute approximate surface area is 362 Å². The van der Waals surface area contributed by atoms with Crippen molar-refractivity contribution in [1.29, 1.82) is 0 Å². The van der Waals surface area contributed by atoms with Crippen molar-refractivity contribution in [3.05, 3.63) is 196 Å². The molecule has 0 radical (unpaired) electrons. The molecule has 0 saturated heterocycles. The van der Waals surface area contributed by atoms with E-state index >= 15 is 0 Å². The van der Waals surface area contributed by atoms with Gasteiger partial charge in [0.05, 0.1) is 11.4 Å². The molecule has 1 saturated carbocycles. The molecule has 0 N–H and O–H groups in total. The molecule has 61 heavy (non-hydrogen) atoms. The maximum absolute atomic E-state index is 2.57. The van der Waals surface area contributed by atoms with Crippen LogP contribution in [-0.2, 0) is 22.7 Å². The van der Waals surface area contributed by atoms with Crippen LogP contribution in [-0.4, -0.2) is 6.54 Å². The molecular weight excluding hydrogens is 737 g/mol. The van der Waals surface area contributed by atoms with Gasteiger partial charge in [-0.05, 0) is 140 Å². The number of aryl methyl sites for hydroxylation is 1. The van der Waals surface area contributed by atoms with Crippen LogP contribution in [0, 0.1) is 0 Å². The minimum absolute atomic E-state index is 0.0371. The zero-order valence-corrected chi connectivity index (χ0v) is 36.1. The summed E-state index contributed by atoms with van der Waals surface area (Å²) >= 11 is 0. The minimum atomic E-state index is -0.0834. The highest BCUT2D eigenvalue weighted by atomic mass is 15.2. The predicted octanol–water partition coefficient (Wildman–Crippen LogP) is 15.6. The fourth-order valence-corrected chi connectivity index (χ4v) is 12.4. The van der Waals surface area contributed by atoms with Gasteiger partial charge < -0.3 is 9.80 Å². The van der Waals surface area contributed by atoms with Crippen LogP contribution in [0.3, 0.4) is 0 Å². The van der Waals surface area contributed by atoms with Crippen molar-refractivity contribution in [3.8, 4) is 22.3 Å². The lowest BCUT2D eigenvalue weighted by Gasteiger charge is -2.42. The Morgan fingerprint density at radius 1 is 0.426 bits per heavy atom. The Bertz CT molecular complexity index is 2900. The molecule has 1 spiro atoms. The lowest BCUT2D eigenvalue weighted by molar-refractivity contribution is 0.353. The number of fused-ring (bicyclic) bond motifs is 11. The average Bonchev–Trinajstić information content (AvgIpc) is 3.68. The summed E-state index contributed by atoms with van der Waals surface area (Å²) in [7, 11) is 0. The van der Waals surface area contributed by atoms with E-state index in [1.807, 2.05) is 0 Å². The smallest absolute Gasteiger partial charge is 0.0502 e. The number of hydrogen-bond acceptors (Lipinski definition) is 2. The van der Waals surface area contributed by atoms with Crippen LogP contribution in [0.1, 0.15) is 116 Å². The lowest BCUT2D eigenvalue weighted by atomic mass is 9.67. The van der Waals surface area contributed by atoms with E-state index in [1.54, 1.807) is 0 Å². The molecule has 2 nitrogen and oxygen atoms in total. The first-order valence-electron chi connectivity index (χ1n) is 22.8. The molecule has 0 unspecified atom stereocenters.